The second-order valence-corrected chi connectivity index (χ2v) is 8.65. The molecule has 1 fully saturated rings. The van der Waals surface area contributed by atoms with Crippen molar-refractivity contribution in [2.24, 2.45) is 0 Å². The normalized spacial score (nSPS) is 15.9. The lowest BCUT2D eigenvalue weighted by Crippen LogP contribution is -2.50. The summed E-state index contributed by atoms with van der Waals surface area (Å²) in [6.45, 7) is 4.80. The molecule has 166 valence electrons. The molecule has 0 saturated carbocycles. The Balaban J connectivity index is 1.19. The number of fused-ring (bicyclic) bond motifs is 3. The van der Waals surface area contributed by atoms with Gasteiger partial charge in [0.05, 0.1) is 12.6 Å². The van der Waals surface area contributed by atoms with Gasteiger partial charge in [-0.15, -0.1) is 0 Å². The van der Waals surface area contributed by atoms with Gasteiger partial charge in [-0.25, -0.2) is 0 Å². The summed E-state index contributed by atoms with van der Waals surface area (Å²) < 4.78 is 0. The van der Waals surface area contributed by atoms with Crippen LogP contribution in [-0.4, -0.2) is 53.4 Å². The third-order valence-corrected chi connectivity index (χ3v) is 6.78. The van der Waals surface area contributed by atoms with Crippen molar-refractivity contribution in [1.29, 1.82) is 5.26 Å². The van der Waals surface area contributed by atoms with Crippen LogP contribution in [0.25, 0.3) is 11.1 Å². The SMILES string of the molecule is Cc1ncccc1C(C#N)N1CCN(C(=O)CNc2cccc3c2Cc2ccccc2-3)CC1. The van der Waals surface area contributed by atoms with Gasteiger partial charge in [0.1, 0.15) is 6.04 Å². The van der Waals surface area contributed by atoms with Gasteiger partial charge in [-0.05, 0) is 41.3 Å². The largest absolute Gasteiger partial charge is 0.376 e. The Hall–Kier alpha value is -3.69. The quantitative estimate of drug-likeness (QED) is 0.514. The highest BCUT2D eigenvalue weighted by Gasteiger charge is 2.28. The molecule has 3 aromatic rings. The molecule has 2 aromatic carbocycles. The van der Waals surface area contributed by atoms with Gasteiger partial charge in [0, 0.05) is 55.7 Å². The van der Waals surface area contributed by atoms with Crippen molar-refractivity contribution < 1.29 is 4.79 Å². The average Bonchev–Trinajstić information content (AvgIpc) is 3.24. The third-order valence-electron chi connectivity index (χ3n) is 6.78. The van der Waals surface area contributed by atoms with Crippen LogP contribution < -0.4 is 5.32 Å². The maximum absolute atomic E-state index is 12.9. The van der Waals surface area contributed by atoms with Crippen LogP contribution in [0.2, 0.25) is 0 Å². The molecule has 1 amide bonds. The van der Waals surface area contributed by atoms with Crippen molar-refractivity contribution in [1.82, 2.24) is 14.8 Å². The van der Waals surface area contributed by atoms with Crippen LogP contribution in [0.15, 0.2) is 60.8 Å². The van der Waals surface area contributed by atoms with E-state index in [1.807, 2.05) is 24.0 Å². The number of piperazine rings is 1. The maximum Gasteiger partial charge on any atom is 0.241 e. The zero-order valence-corrected chi connectivity index (χ0v) is 18.8. The Morgan fingerprint density at radius 2 is 1.85 bits per heavy atom. The first-order chi connectivity index (χ1) is 16.2. The van der Waals surface area contributed by atoms with Crippen molar-refractivity contribution in [3.63, 3.8) is 0 Å². The third kappa shape index (κ3) is 4.08. The second kappa shape index (κ2) is 9.05. The number of hydrogen-bond acceptors (Lipinski definition) is 5. The molecule has 2 aliphatic rings. The minimum Gasteiger partial charge on any atom is -0.376 e. The van der Waals surface area contributed by atoms with E-state index in [2.05, 4.69) is 63.7 Å². The van der Waals surface area contributed by atoms with E-state index in [9.17, 15) is 10.1 Å². The maximum atomic E-state index is 12.9. The van der Waals surface area contributed by atoms with Crippen molar-refractivity contribution in [3.8, 4) is 17.2 Å². The van der Waals surface area contributed by atoms with Crippen LogP contribution in [0.4, 0.5) is 5.69 Å². The molecule has 0 radical (unpaired) electrons. The van der Waals surface area contributed by atoms with Crippen LogP contribution >= 0.6 is 0 Å². The monoisotopic (exact) mass is 437 g/mol. The zero-order valence-electron chi connectivity index (χ0n) is 18.8. The van der Waals surface area contributed by atoms with Crippen molar-refractivity contribution in [2.75, 3.05) is 38.0 Å². The number of nitrogens with one attached hydrogen (secondary N) is 1. The molecule has 6 nitrogen and oxygen atoms in total. The first kappa shape index (κ1) is 21.2. The lowest BCUT2D eigenvalue weighted by molar-refractivity contribution is -0.131. The lowest BCUT2D eigenvalue weighted by Gasteiger charge is -2.37. The summed E-state index contributed by atoms with van der Waals surface area (Å²) in [5, 5.41) is 13.2. The van der Waals surface area contributed by atoms with Gasteiger partial charge in [-0.2, -0.15) is 5.26 Å². The summed E-state index contributed by atoms with van der Waals surface area (Å²) in [6.07, 6.45) is 2.64. The number of carbonyl (C=O) groups is 1. The van der Waals surface area contributed by atoms with Crippen molar-refractivity contribution in [2.45, 2.75) is 19.4 Å². The first-order valence-corrected chi connectivity index (χ1v) is 11.4. The topological polar surface area (TPSA) is 72.3 Å². The standard InChI is InChI=1S/C27H27N5O/c1-19-21(9-5-11-29-19)26(17-28)31-12-14-32(15-13-31)27(33)18-30-25-10-4-8-23-22-7-3-2-6-20(22)16-24(23)25/h2-11,26,30H,12-16,18H2,1H3. The summed E-state index contributed by atoms with van der Waals surface area (Å²) in [5.74, 6) is 0.0915. The Morgan fingerprint density at radius 1 is 1.06 bits per heavy atom. The number of pyridine rings is 1. The minimum absolute atomic E-state index is 0.0915. The fourth-order valence-corrected chi connectivity index (χ4v) is 4.97. The van der Waals surface area contributed by atoms with Crippen molar-refractivity contribution >= 4 is 11.6 Å². The highest BCUT2D eigenvalue weighted by atomic mass is 16.2. The van der Waals surface area contributed by atoms with E-state index in [4.69, 9.17) is 0 Å². The van der Waals surface area contributed by atoms with E-state index in [-0.39, 0.29) is 18.5 Å². The summed E-state index contributed by atoms with van der Waals surface area (Å²) in [5.41, 5.74) is 8.00. The number of hydrogen-bond donors (Lipinski definition) is 1. The van der Waals surface area contributed by atoms with E-state index in [0.29, 0.717) is 26.2 Å². The number of amides is 1. The number of benzene rings is 2. The van der Waals surface area contributed by atoms with Gasteiger partial charge in [-0.3, -0.25) is 14.7 Å². The molecule has 33 heavy (non-hydrogen) atoms. The molecule has 5 rings (SSSR count). The van der Waals surface area contributed by atoms with Gasteiger partial charge in [-0.1, -0.05) is 42.5 Å². The lowest BCUT2D eigenvalue weighted by atomic mass is 10.0. The Bertz CT molecular complexity index is 1220. The summed E-state index contributed by atoms with van der Waals surface area (Å²) in [6, 6.07) is 20.7. The zero-order chi connectivity index (χ0) is 22.8. The average molecular weight is 438 g/mol. The molecular formula is C27H27N5O. The van der Waals surface area contributed by atoms with Gasteiger partial charge in [0.2, 0.25) is 5.91 Å². The van der Waals surface area contributed by atoms with E-state index in [1.54, 1.807) is 6.20 Å². The minimum atomic E-state index is -0.331. The number of rotatable bonds is 5. The van der Waals surface area contributed by atoms with Gasteiger partial charge in [0.25, 0.3) is 0 Å². The molecule has 2 heterocycles. The molecule has 0 bridgehead atoms. The summed E-state index contributed by atoms with van der Waals surface area (Å²) in [4.78, 5) is 21.3. The molecule has 1 aromatic heterocycles. The Labute approximate surface area is 194 Å². The number of aryl methyl sites for hydroxylation is 1. The first-order valence-electron chi connectivity index (χ1n) is 11.4. The molecule has 6 heteroatoms. The van der Waals surface area contributed by atoms with E-state index in [0.717, 1.165) is 23.4 Å². The Kier molecular flexibility index (Phi) is 5.80. The van der Waals surface area contributed by atoms with E-state index >= 15 is 0 Å². The van der Waals surface area contributed by atoms with Crippen LogP contribution in [-0.2, 0) is 11.2 Å². The van der Waals surface area contributed by atoms with Crippen LogP contribution in [0.5, 0.6) is 0 Å². The molecular weight excluding hydrogens is 410 g/mol. The smallest absolute Gasteiger partial charge is 0.241 e. The number of nitrogens with zero attached hydrogens (tertiary/aromatic N) is 4. The highest BCUT2D eigenvalue weighted by molar-refractivity contribution is 5.85. The van der Waals surface area contributed by atoms with Crippen LogP contribution in [0, 0.1) is 18.3 Å². The predicted molar refractivity (Wildman–Crippen MR) is 129 cm³/mol. The fraction of sp³-hybridized carbons (Fsp3) is 0.296. The molecule has 1 saturated heterocycles. The summed E-state index contributed by atoms with van der Waals surface area (Å²) in [7, 11) is 0. The number of anilines is 1. The molecule has 1 N–H and O–H groups in total. The van der Waals surface area contributed by atoms with Crippen LogP contribution in [0.3, 0.4) is 0 Å². The molecule has 1 aliphatic carbocycles. The van der Waals surface area contributed by atoms with Gasteiger partial charge in [0.15, 0.2) is 0 Å². The molecule has 1 unspecified atom stereocenters. The fourth-order valence-electron chi connectivity index (χ4n) is 4.97. The van der Waals surface area contributed by atoms with Crippen molar-refractivity contribution in [3.05, 3.63) is 83.2 Å². The molecule has 0 spiro atoms. The summed E-state index contributed by atoms with van der Waals surface area (Å²) >= 11 is 0. The molecule has 1 atom stereocenters. The highest BCUT2D eigenvalue weighted by Crippen LogP contribution is 2.39. The van der Waals surface area contributed by atoms with Crippen LogP contribution in [0.1, 0.15) is 28.4 Å². The number of nitriles is 1. The van der Waals surface area contributed by atoms with Gasteiger partial charge < -0.3 is 10.2 Å². The Morgan fingerprint density at radius 3 is 2.64 bits per heavy atom. The predicted octanol–water partition coefficient (Wildman–Crippen LogP) is 3.78. The number of aromatic nitrogens is 1. The van der Waals surface area contributed by atoms with E-state index in [1.165, 1.54) is 22.3 Å². The number of carbonyl (C=O) groups excluding carboxylic acids is 1. The second-order valence-electron chi connectivity index (χ2n) is 8.65. The molecule has 1 aliphatic heterocycles. The van der Waals surface area contributed by atoms with Gasteiger partial charge >= 0.3 is 0 Å². The van der Waals surface area contributed by atoms with E-state index < -0.39 is 0 Å².